The molecule has 1 aromatic carbocycles. The number of rotatable bonds is 2. The quantitative estimate of drug-likeness (QED) is 0.851. The molecule has 5 heteroatoms. The second kappa shape index (κ2) is 5.90. The molecule has 2 aromatic rings. The molecule has 3 nitrogen and oxygen atoms in total. The van der Waals surface area contributed by atoms with Crippen LogP contribution in [0.1, 0.15) is 29.7 Å². The van der Waals surface area contributed by atoms with Gasteiger partial charge in [0.1, 0.15) is 4.87 Å². The van der Waals surface area contributed by atoms with Crippen LogP contribution in [0.15, 0.2) is 36.8 Å². The van der Waals surface area contributed by atoms with Gasteiger partial charge in [0.15, 0.2) is 0 Å². The lowest BCUT2D eigenvalue weighted by molar-refractivity contribution is 0.414. The summed E-state index contributed by atoms with van der Waals surface area (Å²) in [6, 6.07) is 10.1. The number of thioether (sulfide) groups is 1. The molecule has 0 N–H and O–H groups in total. The maximum Gasteiger partial charge on any atom is 0.117 e. The van der Waals surface area contributed by atoms with Crippen LogP contribution >= 0.6 is 24.2 Å². The van der Waals surface area contributed by atoms with E-state index in [1.54, 1.807) is 0 Å². The van der Waals surface area contributed by atoms with Gasteiger partial charge in [0.25, 0.3) is 0 Å². The number of hydrogen-bond acceptors (Lipinski definition) is 3. The molecule has 3 rings (SSSR count). The van der Waals surface area contributed by atoms with Crippen molar-refractivity contribution in [1.82, 2.24) is 9.55 Å². The van der Waals surface area contributed by atoms with Crippen molar-refractivity contribution >= 4 is 24.2 Å². The Morgan fingerprint density at radius 2 is 2.10 bits per heavy atom. The zero-order valence-corrected chi connectivity index (χ0v) is 12.9. The highest BCUT2D eigenvalue weighted by Crippen LogP contribution is 2.44. The maximum atomic E-state index is 8.91. The largest absolute Gasteiger partial charge is 0.315 e. The van der Waals surface area contributed by atoms with Gasteiger partial charge in [-0.2, -0.15) is 5.26 Å². The van der Waals surface area contributed by atoms with Crippen molar-refractivity contribution in [2.75, 3.05) is 6.26 Å². The first kappa shape index (κ1) is 15.0. The van der Waals surface area contributed by atoms with Crippen molar-refractivity contribution in [2.45, 2.75) is 24.1 Å². The molecule has 0 amide bonds. The Kier molecular flexibility index (Phi) is 4.42. The molecule has 0 bridgehead atoms. The third kappa shape index (κ3) is 2.21. The van der Waals surface area contributed by atoms with Crippen LogP contribution in [0.3, 0.4) is 0 Å². The van der Waals surface area contributed by atoms with Gasteiger partial charge in [0.2, 0.25) is 0 Å². The van der Waals surface area contributed by atoms with E-state index in [-0.39, 0.29) is 17.3 Å². The fraction of sp³-hybridized carbons (Fsp3) is 0.333. The van der Waals surface area contributed by atoms with Gasteiger partial charge < -0.3 is 4.57 Å². The number of aromatic nitrogens is 2. The Bertz CT molecular complexity index is 629. The van der Waals surface area contributed by atoms with E-state index in [0.717, 1.165) is 12.8 Å². The predicted octanol–water partition coefficient (Wildman–Crippen LogP) is 3.58. The summed E-state index contributed by atoms with van der Waals surface area (Å²) < 4.78 is 2.29. The molecule has 104 valence electrons. The van der Waals surface area contributed by atoms with Gasteiger partial charge in [-0.3, -0.25) is 0 Å². The van der Waals surface area contributed by atoms with Crippen LogP contribution < -0.4 is 0 Å². The van der Waals surface area contributed by atoms with Gasteiger partial charge >= 0.3 is 0 Å². The van der Waals surface area contributed by atoms with Crippen molar-refractivity contribution in [3.05, 3.63) is 53.6 Å². The lowest BCUT2D eigenvalue weighted by atomic mass is 9.95. The Labute approximate surface area is 129 Å². The van der Waals surface area contributed by atoms with E-state index < -0.39 is 0 Å². The van der Waals surface area contributed by atoms with Crippen molar-refractivity contribution < 1.29 is 0 Å². The molecule has 1 aromatic heterocycles. The first-order valence-electron chi connectivity index (χ1n) is 6.37. The molecule has 0 aliphatic carbocycles. The first-order chi connectivity index (χ1) is 9.30. The summed E-state index contributed by atoms with van der Waals surface area (Å²) in [5, 5.41) is 8.91. The summed E-state index contributed by atoms with van der Waals surface area (Å²) in [5.41, 5.74) is 3.25. The molecule has 2 heterocycles. The van der Waals surface area contributed by atoms with E-state index in [1.807, 2.05) is 36.4 Å². The average Bonchev–Trinajstić information content (AvgIpc) is 2.96. The third-order valence-corrected chi connectivity index (χ3v) is 5.17. The lowest BCUT2D eigenvalue weighted by Crippen LogP contribution is -2.35. The Morgan fingerprint density at radius 3 is 2.75 bits per heavy atom. The minimum atomic E-state index is -0.0714. The first-order valence-corrected chi connectivity index (χ1v) is 7.60. The number of fused-ring (bicyclic) bond motifs is 1. The Morgan fingerprint density at radius 1 is 1.35 bits per heavy atom. The maximum absolute atomic E-state index is 8.91. The molecule has 20 heavy (non-hydrogen) atoms. The summed E-state index contributed by atoms with van der Waals surface area (Å²) in [4.78, 5) is 4.23. The number of hydrogen-bond donors (Lipinski definition) is 0. The van der Waals surface area contributed by atoms with Crippen LogP contribution in [-0.4, -0.2) is 15.8 Å². The minimum absolute atomic E-state index is 0. The highest BCUT2D eigenvalue weighted by Gasteiger charge is 2.37. The van der Waals surface area contributed by atoms with Crippen LogP contribution in [0.4, 0.5) is 0 Å². The molecule has 0 spiro atoms. The molecule has 1 aliphatic rings. The second-order valence-electron chi connectivity index (χ2n) is 4.79. The van der Waals surface area contributed by atoms with Crippen LogP contribution in [-0.2, 0) is 11.3 Å². The summed E-state index contributed by atoms with van der Waals surface area (Å²) in [7, 11) is 0. The fourth-order valence-electron chi connectivity index (χ4n) is 2.87. The third-order valence-electron chi connectivity index (χ3n) is 3.86. The molecule has 0 saturated carbocycles. The second-order valence-corrected chi connectivity index (χ2v) is 5.87. The number of benzene rings is 1. The van der Waals surface area contributed by atoms with E-state index in [1.165, 1.54) is 17.7 Å². The predicted molar refractivity (Wildman–Crippen MR) is 84.2 cm³/mol. The van der Waals surface area contributed by atoms with Gasteiger partial charge in [-0.15, -0.1) is 24.2 Å². The Hall–Kier alpha value is -1.44. The van der Waals surface area contributed by atoms with Crippen LogP contribution in [0.2, 0.25) is 0 Å². The summed E-state index contributed by atoms with van der Waals surface area (Å²) in [5.74, 6) is 0. The van der Waals surface area contributed by atoms with Crippen molar-refractivity contribution in [2.24, 2.45) is 0 Å². The SMILES string of the molecule is CSC1(c2ccc(C#N)cc2)CCCc2cncn21.Cl. The lowest BCUT2D eigenvalue weighted by Gasteiger charge is -2.38. The van der Waals surface area contributed by atoms with Gasteiger partial charge in [-0.1, -0.05) is 12.1 Å². The van der Waals surface area contributed by atoms with Crippen LogP contribution in [0.5, 0.6) is 0 Å². The van der Waals surface area contributed by atoms with Crippen molar-refractivity contribution in [3.63, 3.8) is 0 Å². The van der Waals surface area contributed by atoms with E-state index >= 15 is 0 Å². The zero-order chi connectivity index (χ0) is 13.3. The number of nitriles is 1. The van der Waals surface area contributed by atoms with Gasteiger partial charge in [0, 0.05) is 11.9 Å². The van der Waals surface area contributed by atoms with Crippen molar-refractivity contribution in [1.29, 1.82) is 5.26 Å². The van der Waals surface area contributed by atoms with E-state index in [4.69, 9.17) is 5.26 Å². The highest BCUT2D eigenvalue weighted by molar-refractivity contribution is 7.99. The molecule has 1 unspecified atom stereocenters. The van der Waals surface area contributed by atoms with E-state index in [9.17, 15) is 0 Å². The number of halogens is 1. The zero-order valence-electron chi connectivity index (χ0n) is 11.2. The fourth-order valence-corrected chi connectivity index (χ4v) is 3.95. The van der Waals surface area contributed by atoms with E-state index in [2.05, 4.69) is 34.0 Å². The highest BCUT2D eigenvalue weighted by atomic mass is 35.5. The standard InChI is InChI=1S/C15H15N3S.ClH/c1-19-15(13-6-4-12(9-16)5-7-13)8-2-3-14-10-17-11-18(14)15;/h4-7,10-11H,2-3,8H2,1H3;1H. The van der Waals surface area contributed by atoms with Crippen molar-refractivity contribution in [3.8, 4) is 6.07 Å². The molecule has 0 radical (unpaired) electrons. The normalized spacial score (nSPS) is 20.6. The molecule has 0 saturated heterocycles. The smallest absolute Gasteiger partial charge is 0.117 e. The molecular weight excluding hydrogens is 290 g/mol. The topological polar surface area (TPSA) is 41.6 Å². The van der Waals surface area contributed by atoms with E-state index in [0.29, 0.717) is 5.56 Å². The summed E-state index contributed by atoms with van der Waals surface area (Å²) in [6.07, 6.45) is 9.42. The number of nitrogens with zero attached hydrogens (tertiary/aromatic N) is 3. The summed E-state index contributed by atoms with van der Waals surface area (Å²) in [6.45, 7) is 0. The molecular formula is C15H16ClN3S. The Balaban J connectivity index is 0.00000147. The number of imidazole rings is 1. The van der Waals surface area contributed by atoms with Gasteiger partial charge in [0.05, 0.1) is 18.0 Å². The minimum Gasteiger partial charge on any atom is -0.315 e. The number of aryl methyl sites for hydroxylation is 1. The molecule has 1 atom stereocenters. The summed E-state index contributed by atoms with van der Waals surface area (Å²) >= 11 is 1.85. The van der Waals surface area contributed by atoms with Crippen LogP contribution in [0.25, 0.3) is 0 Å². The van der Waals surface area contributed by atoms with Gasteiger partial charge in [-0.05, 0) is 43.2 Å². The molecule has 0 fully saturated rings. The van der Waals surface area contributed by atoms with Crippen LogP contribution in [0, 0.1) is 11.3 Å². The monoisotopic (exact) mass is 305 g/mol. The molecule has 1 aliphatic heterocycles. The van der Waals surface area contributed by atoms with Gasteiger partial charge in [-0.25, -0.2) is 4.98 Å². The average molecular weight is 306 g/mol.